The molecule has 1 amide bonds. The summed E-state index contributed by atoms with van der Waals surface area (Å²) < 4.78 is 0. The molecule has 3 heterocycles. The molecule has 1 saturated heterocycles. The van der Waals surface area contributed by atoms with Crippen LogP contribution in [-0.4, -0.2) is 47.6 Å². The number of aromatic nitrogens is 2. The van der Waals surface area contributed by atoms with Gasteiger partial charge in [-0.3, -0.25) is 14.6 Å². The fourth-order valence-electron chi connectivity index (χ4n) is 6.00. The quantitative estimate of drug-likeness (QED) is 0.582. The molecular weight excluding hydrogens is 450 g/mol. The Morgan fingerprint density at radius 2 is 1.69 bits per heavy atom. The minimum Gasteiger partial charge on any atom is -0.368 e. The van der Waals surface area contributed by atoms with Crippen LogP contribution in [0.4, 0.5) is 17.3 Å². The van der Waals surface area contributed by atoms with Crippen LogP contribution in [0.5, 0.6) is 0 Å². The third kappa shape index (κ3) is 4.38. The Labute approximate surface area is 212 Å². The average Bonchev–Trinajstić information content (AvgIpc) is 2.84. The molecule has 0 spiro atoms. The Morgan fingerprint density at radius 1 is 1.03 bits per heavy atom. The van der Waals surface area contributed by atoms with Crippen molar-refractivity contribution in [2.45, 2.75) is 52.5 Å². The number of hydrogen-bond donors (Lipinski definition) is 1. The normalized spacial score (nSPS) is 19.2. The number of para-hydroxylation sites is 1. The fraction of sp³-hybridized carbons (Fsp3) is 0.414. The summed E-state index contributed by atoms with van der Waals surface area (Å²) >= 11 is 0. The number of carbonyl (C=O) groups is 1. The van der Waals surface area contributed by atoms with Crippen LogP contribution >= 0.6 is 0 Å². The van der Waals surface area contributed by atoms with Gasteiger partial charge in [0.2, 0.25) is 11.9 Å². The second-order valence-electron chi connectivity index (χ2n) is 10.8. The molecule has 0 bridgehead atoms. The van der Waals surface area contributed by atoms with Gasteiger partial charge in [0.25, 0.3) is 5.56 Å². The predicted molar refractivity (Wildman–Crippen MR) is 146 cm³/mol. The molecular formula is C29H35N5O2. The van der Waals surface area contributed by atoms with E-state index in [1.165, 1.54) is 11.3 Å². The molecule has 2 aliphatic heterocycles. The molecule has 7 heteroatoms. The number of aryl methyl sites for hydroxylation is 1. The molecule has 1 fully saturated rings. The van der Waals surface area contributed by atoms with Gasteiger partial charge in [-0.15, -0.1) is 0 Å². The van der Waals surface area contributed by atoms with E-state index >= 15 is 0 Å². The van der Waals surface area contributed by atoms with E-state index in [4.69, 9.17) is 4.98 Å². The van der Waals surface area contributed by atoms with Crippen LogP contribution in [-0.2, 0) is 4.79 Å². The minimum absolute atomic E-state index is 0.0267. The predicted octanol–water partition coefficient (Wildman–Crippen LogP) is 4.71. The van der Waals surface area contributed by atoms with E-state index in [1.807, 2.05) is 11.0 Å². The number of carbonyl (C=O) groups excluding carboxylic acids is 1. The van der Waals surface area contributed by atoms with Crippen molar-refractivity contribution in [3.63, 3.8) is 0 Å². The third-order valence-corrected chi connectivity index (χ3v) is 7.58. The number of rotatable bonds is 3. The van der Waals surface area contributed by atoms with E-state index in [0.717, 1.165) is 49.4 Å². The van der Waals surface area contributed by atoms with Crippen LogP contribution in [0.15, 0.2) is 53.3 Å². The van der Waals surface area contributed by atoms with Crippen molar-refractivity contribution in [3.8, 4) is 11.3 Å². The molecule has 1 unspecified atom stereocenters. The number of anilines is 3. The first-order valence-corrected chi connectivity index (χ1v) is 12.8. The largest absolute Gasteiger partial charge is 0.368 e. The number of benzene rings is 2. The molecule has 0 saturated carbocycles. The summed E-state index contributed by atoms with van der Waals surface area (Å²) in [6.45, 7) is 13.4. The van der Waals surface area contributed by atoms with Crippen molar-refractivity contribution in [1.29, 1.82) is 0 Å². The van der Waals surface area contributed by atoms with E-state index in [0.29, 0.717) is 17.6 Å². The lowest BCUT2D eigenvalue weighted by molar-refractivity contribution is -0.117. The lowest BCUT2D eigenvalue weighted by Crippen LogP contribution is -2.50. The number of hydrogen-bond acceptors (Lipinski definition) is 5. The first-order chi connectivity index (χ1) is 17.1. The first-order valence-electron chi connectivity index (χ1n) is 12.8. The number of aromatic amines is 1. The molecule has 2 aliphatic rings. The first kappa shape index (κ1) is 24.1. The Balaban J connectivity index is 1.48. The van der Waals surface area contributed by atoms with Crippen LogP contribution in [0.1, 0.15) is 51.2 Å². The van der Waals surface area contributed by atoms with Gasteiger partial charge in [-0.1, -0.05) is 31.2 Å². The Kier molecular flexibility index (Phi) is 6.10. The van der Waals surface area contributed by atoms with E-state index < -0.39 is 0 Å². The molecule has 3 aromatic rings. The summed E-state index contributed by atoms with van der Waals surface area (Å²) in [6.07, 6.45) is 0.904. The smallest absolute Gasteiger partial charge is 0.252 e. The van der Waals surface area contributed by atoms with Crippen molar-refractivity contribution < 1.29 is 4.79 Å². The highest BCUT2D eigenvalue weighted by Gasteiger charge is 2.39. The van der Waals surface area contributed by atoms with E-state index in [9.17, 15) is 9.59 Å². The summed E-state index contributed by atoms with van der Waals surface area (Å²) in [7, 11) is 0. The highest BCUT2D eigenvalue weighted by molar-refractivity contribution is 5.95. The second-order valence-corrected chi connectivity index (χ2v) is 10.8. The van der Waals surface area contributed by atoms with Gasteiger partial charge in [-0.25, -0.2) is 4.98 Å². The number of nitrogens with one attached hydrogen (secondary N) is 1. The van der Waals surface area contributed by atoms with Crippen LogP contribution in [0.2, 0.25) is 0 Å². The van der Waals surface area contributed by atoms with E-state index in [1.54, 1.807) is 13.0 Å². The maximum absolute atomic E-state index is 12.7. The van der Waals surface area contributed by atoms with Gasteiger partial charge in [0, 0.05) is 61.6 Å². The van der Waals surface area contributed by atoms with Gasteiger partial charge in [0.05, 0.1) is 5.69 Å². The van der Waals surface area contributed by atoms with Gasteiger partial charge in [-0.05, 0) is 62.4 Å². The van der Waals surface area contributed by atoms with Gasteiger partial charge in [0.1, 0.15) is 0 Å². The van der Waals surface area contributed by atoms with E-state index in [-0.39, 0.29) is 17.0 Å². The molecule has 188 valence electrons. The van der Waals surface area contributed by atoms with Gasteiger partial charge in [0.15, 0.2) is 0 Å². The summed E-state index contributed by atoms with van der Waals surface area (Å²) in [5.74, 6) is 0.959. The number of H-pyrrole nitrogens is 1. The molecule has 0 aliphatic carbocycles. The molecule has 5 rings (SSSR count). The molecule has 1 atom stereocenters. The lowest BCUT2D eigenvalue weighted by atomic mass is 9.78. The average molecular weight is 486 g/mol. The Bertz CT molecular complexity index is 1340. The minimum atomic E-state index is -0.282. The van der Waals surface area contributed by atoms with Crippen LogP contribution < -0.4 is 20.3 Å². The topological polar surface area (TPSA) is 72.5 Å². The van der Waals surface area contributed by atoms with Crippen molar-refractivity contribution in [1.82, 2.24) is 9.97 Å². The van der Waals surface area contributed by atoms with Gasteiger partial charge in [-0.2, -0.15) is 0 Å². The molecule has 2 aromatic carbocycles. The molecule has 0 radical (unpaired) electrons. The van der Waals surface area contributed by atoms with E-state index in [2.05, 4.69) is 78.9 Å². The van der Waals surface area contributed by atoms with Crippen LogP contribution in [0.3, 0.4) is 0 Å². The Morgan fingerprint density at radius 3 is 2.36 bits per heavy atom. The second kappa shape index (κ2) is 9.12. The summed E-state index contributed by atoms with van der Waals surface area (Å²) in [6, 6.07) is 16.2. The molecule has 7 nitrogen and oxygen atoms in total. The van der Waals surface area contributed by atoms with Gasteiger partial charge < -0.3 is 14.7 Å². The monoisotopic (exact) mass is 485 g/mol. The molecule has 1 aromatic heterocycles. The zero-order valence-electron chi connectivity index (χ0n) is 21.8. The molecule has 36 heavy (non-hydrogen) atoms. The third-order valence-electron chi connectivity index (χ3n) is 7.58. The maximum atomic E-state index is 12.7. The van der Waals surface area contributed by atoms with Crippen LogP contribution in [0, 0.1) is 6.92 Å². The summed E-state index contributed by atoms with van der Waals surface area (Å²) in [5, 5.41) is 0. The summed E-state index contributed by atoms with van der Waals surface area (Å²) in [5.41, 5.74) is 5.44. The van der Waals surface area contributed by atoms with Crippen molar-refractivity contribution >= 4 is 23.2 Å². The molecule has 1 N–H and O–H groups in total. The van der Waals surface area contributed by atoms with Crippen molar-refractivity contribution in [2.24, 2.45) is 0 Å². The van der Waals surface area contributed by atoms with Gasteiger partial charge >= 0.3 is 0 Å². The fourth-order valence-corrected chi connectivity index (χ4v) is 6.00. The lowest BCUT2D eigenvalue weighted by Gasteiger charge is -2.46. The number of fused-ring (bicyclic) bond motifs is 1. The van der Waals surface area contributed by atoms with Crippen molar-refractivity contribution in [2.75, 3.05) is 40.9 Å². The SMILES string of the molecule is CC(=O)N1c2cc(-c3cc(=O)[nH]c(N4CCN(c5ccccc5)CC4)n3)c(C)cc2C(C)CC1(C)C. The van der Waals surface area contributed by atoms with Crippen LogP contribution in [0.25, 0.3) is 11.3 Å². The number of amides is 1. The Hall–Kier alpha value is -3.61. The highest BCUT2D eigenvalue weighted by Crippen LogP contribution is 2.45. The standard InChI is InChI=1S/C29H35N5O2/c1-19-15-24-20(2)18-29(4,5)34(21(3)35)26(24)16-23(19)25-17-27(36)31-28(30-25)33-13-11-32(12-14-33)22-9-7-6-8-10-22/h6-10,15-17,20H,11-14,18H2,1-5H3,(H,30,31,36). The zero-order valence-corrected chi connectivity index (χ0v) is 21.8. The highest BCUT2D eigenvalue weighted by atomic mass is 16.2. The number of nitrogens with zero attached hydrogens (tertiary/aromatic N) is 4. The van der Waals surface area contributed by atoms with Crippen molar-refractivity contribution in [3.05, 3.63) is 70.0 Å². The zero-order chi connectivity index (χ0) is 25.6. The summed E-state index contributed by atoms with van der Waals surface area (Å²) in [4.78, 5) is 39.7. The number of piperazine rings is 1. The maximum Gasteiger partial charge on any atom is 0.252 e.